The molecule has 0 bridgehead atoms. The number of hydrogen-bond acceptors (Lipinski definition) is 2. The Labute approximate surface area is 79.5 Å². The van der Waals surface area contributed by atoms with E-state index in [-0.39, 0.29) is 6.04 Å². The molecule has 1 heterocycles. The van der Waals surface area contributed by atoms with Crippen molar-refractivity contribution in [1.82, 2.24) is 9.03 Å². The molecule has 0 atom stereocenters. The predicted octanol–water partition coefficient (Wildman–Crippen LogP) is 0.469. The highest BCUT2D eigenvalue weighted by atomic mass is 32.2. The fraction of sp³-hybridized carbons (Fsp3) is 1.00. The topological polar surface area (TPSA) is 49.4 Å². The minimum absolute atomic E-state index is 0.276. The molecule has 4 nitrogen and oxygen atoms in total. The fourth-order valence-corrected chi connectivity index (χ4v) is 3.75. The number of nitrogens with one attached hydrogen (secondary N) is 1. The van der Waals surface area contributed by atoms with E-state index >= 15 is 0 Å². The molecule has 1 saturated heterocycles. The van der Waals surface area contributed by atoms with Gasteiger partial charge in [-0.05, 0) is 19.3 Å². The summed E-state index contributed by atoms with van der Waals surface area (Å²) < 4.78 is 27.4. The quantitative estimate of drug-likeness (QED) is 0.675. The molecule has 2 rings (SSSR count). The van der Waals surface area contributed by atoms with Crippen molar-refractivity contribution in [3.63, 3.8) is 0 Å². The molecule has 1 saturated carbocycles. The first-order valence-electron chi connectivity index (χ1n) is 4.96. The minimum Gasteiger partial charge on any atom is -0.202 e. The van der Waals surface area contributed by atoms with Gasteiger partial charge in [0.05, 0.1) is 0 Å². The van der Waals surface area contributed by atoms with Gasteiger partial charge in [-0.25, -0.2) is 4.72 Å². The molecule has 2 fully saturated rings. The average Bonchev–Trinajstić information content (AvgIpc) is 2.55. The molecule has 13 heavy (non-hydrogen) atoms. The van der Waals surface area contributed by atoms with Crippen LogP contribution in [-0.4, -0.2) is 31.9 Å². The van der Waals surface area contributed by atoms with Crippen LogP contribution in [0.4, 0.5) is 0 Å². The molecule has 2 aliphatic rings. The van der Waals surface area contributed by atoms with Crippen LogP contribution in [0.25, 0.3) is 0 Å². The van der Waals surface area contributed by atoms with E-state index in [1.54, 1.807) is 4.31 Å². The molecule has 5 heteroatoms. The zero-order valence-electron chi connectivity index (χ0n) is 7.70. The van der Waals surface area contributed by atoms with Crippen LogP contribution >= 0.6 is 0 Å². The zero-order valence-corrected chi connectivity index (χ0v) is 8.52. The lowest BCUT2D eigenvalue weighted by Crippen LogP contribution is -2.50. The first-order chi connectivity index (χ1) is 6.20. The number of rotatable bonds is 1. The van der Waals surface area contributed by atoms with Crippen LogP contribution in [0.15, 0.2) is 0 Å². The molecule has 0 unspecified atom stereocenters. The lowest BCUT2D eigenvalue weighted by atomic mass is 10.2. The van der Waals surface area contributed by atoms with E-state index < -0.39 is 10.2 Å². The summed E-state index contributed by atoms with van der Waals surface area (Å²) in [7, 11) is -3.12. The number of nitrogens with zero attached hydrogens (tertiary/aromatic N) is 1. The van der Waals surface area contributed by atoms with Crippen molar-refractivity contribution in [3.8, 4) is 0 Å². The summed E-state index contributed by atoms with van der Waals surface area (Å²) in [6, 6.07) is 0.276. The van der Waals surface area contributed by atoms with Crippen LogP contribution < -0.4 is 4.72 Å². The fourth-order valence-electron chi connectivity index (χ4n) is 2.21. The van der Waals surface area contributed by atoms with Crippen molar-refractivity contribution in [2.75, 3.05) is 13.1 Å². The van der Waals surface area contributed by atoms with Crippen LogP contribution in [0.3, 0.4) is 0 Å². The van der Waals surface area contributed by atoms with E-state index in [0.29, 0.717) is 13.1 Å². The van der Waals surface area contributed by atoms with Gasteiger partial charge in [-0.1, -0.05) is 12.8 Å². The van der Waals surface area contributed by atoms with Crippen LogP contribution in [0.1, 0.15) is 32.1 Å². The molecule has 0 aromatic heterocycles. The smallest absolute Gasteiger partial charge is 0.202 e. The Morgan fingerprint density at radius 2 is 1.85 bits per heavy atom. The van der Waals surface area contributed by atoms with E-state index in [1.807, 2.05) is 0 Å². The summed E-state index contributed by atoms with van der Waals surface area (Å²) in [4.78, 5) is 0. The molecule has 0 aromatic carbocycles. The van der Waals surface area contributed by atoms with Crippen LogP contribution in [0.5, 0.6) is 0 Å². The van der Waals surface area contributed by atoms with Crippen molar-refractivity contribution in [2.24, 2.45) is 0 Å². The Hall–Kier alpha value is -0.130. The van der Waals surface area contributed by atoms with Gasteiger partial charge in [-0.3, -0.25) is 0 Å². The molecule has 0 radical (unpaired) electrons. The Balaban J connectivity index is 2.11. The average molecular weight is 204 g/mol. The van der Waals surface area contributed by atoms with Crippen LogP contribution in [-0.2, 0) is 10.2 Å². The lowest BCUT2D eigenvalue weighted by molar-refractivity contribution is 0.299. The Morgan fingerprint density at radius 1 is 1.15 bits per heavy atom. The van der Waals surface area contributed by atoms with Gasteiger partial charge in [0.1, 0.15) is 0 Å². The Bertz CT molecular complexity index is 270. The molecule has 0 aromatic rings. The second-order valence-electron chi connectivity index (χ2n) is 3.80. The largest absolute Gasteiger partial charge is 0.279 e. The predicted molar refractivity (Wildman–Crippen MR) is 50.5 cm³/mol. The maximum absolute atomic E-state index is 11.6. The standard InChI is InChI=1S/C8H16N2O2S/c11-13(12)9-6-3-7-10(13)8-4-1-2-5-8/h8-9H,1-7H2. The summed E-state index contributed by atoms with van der Waals surface area (Å²) in [6.07, 6.45) is 5.38. The first-order valence-corrected chi connectivity index (χ1v) is 6.40. The van der Waals surface area contributed by atoms with Gasteiger partial charge in [0.25, 0.3) is 10.2 Å². The highest BCUT2D eigenvalue weighted by Gasteiger charge is 2.33. The normalized spacial score (nSPS) is 30.8. The Morgan fingerprint density at radius 3 is 2.46 bits per heavy atom. The SMILES string of the molecule is O=S1(=O)NCCCN1C1CCCC1. The number of hydrogen-bond donors (Lipinski definition) is 1. The van der Waals surface area contributed by atoms with Crippen molar-refractivity contribution in [1.29, 1.82) is 0 Å². The van der Waals surface area contributed by atoms with E-state index in [0.717, 1.165) is 19.3 Å². The first kappa shape index (κ1) is 9.43. The van der Waals surface area contributed by atoms with Gasteiger partial charge in [-0.2, -0.15) is 12.7 Å². The second kappa shape index (κ2) is 3.55. The highest BCUT2D eigenvalue weighted by Crippen LogP contribution is 2.26. The Kier molecular flexibility index (Phi) is 2.58. The molecule has 1 N–H and O–H groups in total. The monoisotopic (exact) mass is 204 g/mol. The zero-order chi connectivity index (χ0) is 9.31. The maximum atomic E-state index is 11.6. The third kappa shape index (κ3) is 1.87. The molecule has 1 aliphatic heterocycles. The van der Waals surface area contributed by atoms with Crippen LogP contribution in [0.2, 0.25) is 0 Å². The van der Waals surface area contributed by atoms with Gasteiger partial charge in [0.15, 0.2) is 0 Å². The van der Waals surface area contributed by atoms with E-state index in [9.17, 15) is 8.42 Å². The summed E-state index contributed by atoms with van der Waals surface area (Å²) in [5.41, 5.74) is 0. The molecule has 76 valence electrons. The van der Waals surface area contributed by atoms with Gasteiger partial charge < -0.3 is 0 Å². The summed E-state index contributed by atoms with van der Waals surface area (Å²) in [6.45, 7) is 1.31. The van der Waals surface area contributed by atoms with Crippen molar-refractivity contribution in [2.45, 2.75) is 38.1 Å². The molecule has 1 aliphatic carbocycles. The maximum Gasteiger partial charge on any atom is 0.279 e. The highest BCUT2D eigenvalue weighted by molar-refractivity contribution is 7.87. The van der Waals surface area contributed by atoms with Crippen molar-refractivity contribution >= 4 is 10.2 Å². The van der Waals surface area contributed by atoms with E-state index in [2.05, 4.69) is 4.72 Å². The van der Waals surface area contributed by atoms with E-state index in [1.165, 1.54) is 12.8 Å². The van der Waals surface area contributed by atoms with Gasteiger partial charge in [0.2, 0.25) is 0 Å². The molecule has 0 spiro atoms. The van der Waals surface area contributed by atoms with E-state index in [4.69, 9.17) is 0 Å². The third-order valence-corrected chi connectivity index (χ3v) is 4.55. The summed E-state index contributed by atoms with van der Waals surface area (Å²) >= 11 is 0. The minimum atomic E-state index is -3.12. The molecular formula is C8H16N2O2S. The second-order valence-corrected chi connectivity index (χ2v) is 5.51. The van der Waals surface area contributed by atoms with Crippen molar-refractivity contribution < 1.29 is 8.42 Å². The summed E-state index contributed by atoms with van der Waals surface area (Å²) in [5.74, 6) is 0. The van der Waals surface area contributed by atoms with Crippen molar-refractivity contribution in [3.05, 3.63) is 0 Å². The van der Waals surface area contributed by atoms with Gasteiger partial charge in [0, 0.05) is 19.1 Å². The van der Waals surface area contributed by atoms with Gasteiger partial charge in [-0.15, -0.1) is 0 Å². The van der Waals surface area contributed by atoms with Crippen LogP contribution in [0, 0.1) is 0 Å². The third-order valence-electron chi connectivity index (χ3n) is 2.88. The summed E-state index contributed by atoms with van der Waals surface area (Å²) in [5, 5.41) is 0. The lowest BCUT2D eigenvalue weighted by Gasteiger charge is -2.31. The molecular weight excluding hydrogens is 188 g/mol. The molecule has 0 amide bonds. The van der Waals surface area contributed by atoms with Gasteiger partial charge >= 0.3 is 0 Å².